The highest BCUT2D eigenvalue weighted by atomic mass is 35.5. The topological polar surface area (TPSA) is 253 Å². The fraction of sp³-hybridized carbons (Fsp3) is 0.279. The molecule has 36 heteroatoms. The number of hydrogen-bond acceptors (Lipinski definition) is 19. The number of aromatic nitrogens is 7. The van der Waals surface area contributed by atoms with Gasteiger partial charge in [0.05, 0.1) is 33.0 Å². The minimum absolute atomic E-state index is 0. The molecule has 0 aliphatic carbocycles. The number of rotatable bonds is 11. The number of carbonyl (C=O) groups excluding carboxylic acids is 2. The van der Waals surface area contributed by atoms with Crippen LogP contribution in [0, 0.1) is 89.1 Å². The van der Waals surface area contributed by atoms with Gasteiger partial charge in [0.2, 0.25) is 53.5 Å². The molecular formula is C61H71BClF15N8O11. The molecule has 1 saturated heterocycles. The van der Waals surface area contributed by atoms with Crippen molar-refractivity contribution < 1.29 is 119 Å². The summed E-state index contributed by atoms with van der Waals surface area (Å²) in [4.78, 5) is 44.1. The van der Waals surface area contributed by atoms with Gasteiger partial charge in [-0.2, -0.15) is 96.4 Å². The molecule has 7 aromatic heterocycles. The number of nitrogens with zero attached hydrogens (tertiary/aromatic N) is 8. The average Bonchev–Trinajstić information content (AvgIpc) is 1.62. The number of hydrogen-bond donors (Lipinski definition) is 3. The van der Waals surface area contributed by atoms with E-state index in [1.165, 1.54) is 38.5 Å². The molecule has 0 amide bonds. The standard InChI is InChI=1S/C12H6ClF3N2O.C11H14BF2NO2.C8H7F2NO3.C7H7F2NO2.C6H3F2NO2.C5H3F2NO.C5H3F2N.7CH4/c13-8-4-7(1-2-9(8)14)17-5-6-3-10(15)18-12(16)11(6)19;1-10(2)11(3,4)17-12(16-10)7-5-6-8(13)15-9(7)14;1-13-4-14-7-5(3-12)2-6(9)11-8(7)10;1-11-4-12-5-2-3-6(8)10-7(5)9;7-4-1-3(2-10)5(11)6(8)9-4;6-4-2-1-3(9)5(7)8-4;6-4-2-1-3-5(7)8-4;;;;;;;/h1-5,19H;5-6H,1-4H3;2-3H,4H2,1H3;2-3H,4H2,1H3;1-2,11H;1-2,9H;1-3H;7*1H4. The van der Waals surface area contributed by atoms with Gasteiger partial charge in [-0.1, -0.05) is 75.7 Å². The Labute approximate surface area is 555 Å². The van der Waals surface area contributed by atoms with Crippen LogP contribution in [0.25, 0.3) is 0 Å². The third-order valence-corrected chi connectivity index (χ3v) is 10.9. The molecule has 0 saturated carbocycles. The molecule has 3 N–H and O–H groups in total. The van der Waals surface area contributed by atoms with Crippen LogP contribution in [0.5, 0.6) is 28.7 Å². The first-order valence-corrected chi connectivity index (χ1v) is 24.5. The van der Waals surface area contributed by atoms with Crippen LogP contribution in [0.15, 0.2) is 96.0 Å². The Morgan fingerprint density at radius 2 is 0.887 bits per heavy atom. The van der Waals surface area contributed by atoms with Gasteiger partial charge in [0, 0.05) is 49.7 Å². The zero-order chi connectivity index (χ0) is 67.6. The van der Waals surface area contributed by atoms with E-state index >= 15 is 0 Å². The van der Waals surface area contributed by atoms with Crippen molar-refractivity contribution in [1.29, 1.82) is 0 Å². The molecule has 8 heterocycles. The van der Waals surface area contributed by atoms with E-state index in [0.29, 0.717) is 6.07 Å². The van der Waals surface area contributed by atoms with Crippen molar-refractivity contribution in [1.82, 2.24) is 34.9 Å². The van der Waals surface area contributed by atoms with Crippen molar-refractivity contribution in [2.24, 2.45) is 4.99 Å². The van der Waals surface area contributed by atoms with Crippen molar-refractivity contribution in [3.8, 4) is 28.7 Å². The third kappa shape index (κ3) is 31.2. The maximum absolute atomic E-state index is 13.5. The first-order chi connectivity index (χ1) is 42.3. The van der Waals surface area contributed by atoms with E-state index in [1.54, 1.807) is 0 Å². The van der Waals surface area contributed by atoms with Crippen molar-refractivity contribution in [2.75, 3.05) is 27.8 Å². The van der Waals surface area contributed by atoms with E-state index < -0.39 is 136 Å². The van der Waals surface area contributed by atoms with Gasteiger partial charge in [0.1, 0.15) is 5.82 Å². The van der Waals surface area contributed by atoms with Crippen LogP contribution >= 0.6 is 11.6 Å². The summed E-state index contributed by atoms with van der Waals surface area (Å²) < 4.78 is 217. The van der Waals surface area contributed by atoms with Crippen LogP contribution in [-0.2, 0) is 18.8 Å². The maximum atomic E-state index is 13.5. The minimum atomic E-state index is -1.38. The summed E-state index contributed by atoms with van der Waals surface area (Å²) in [5, 5.41) is 26.3. The number of carbonyl (C=O) groups is 2. The van der Waals surface area contributed by atoms with Crippen LogP contribution in [0.3, 0.4) is 0 Å². The fourth-order valence-corrected chi connectivity index (χ4v) is 5.89. The SMILES string of the molecule is C.C.C.C.C.C.C.CC1(C)OB(c2ccc(F)nc2F)OC1(C)C.COCOc1c(C=O)cc(F)nc1F.COCOc1ccc(F)nc1F.Fc1cccc(F)n1.O=Cc1cc(F)nc(F)c1O.Oc1c(C=Nc2ccc(F)c(Cl)c2)cc(F)nc1F.Oc1ccc(F)nc1F. The first kappa shape index (κ1) is 96.1. The van der Waals surface area contributed by atoms with E-state index in [9.17, 15) is 80.6 Å². The van der Waals surface area contributed by atoms with Gasteiger partial charge in [-0.05, 0) is 88.4 Å². The quantitative estimate of drug-likeness (QED) is 0.0272. The van der Waals surface area contributed by atoms with E-state index in [2.05, 4.69) is 49.4 Å². The van der Waals surface area contributed by atoms with Gasteiger partial charge in [-0.25, -0.2) is 4.39 Å². The van der Waals surface area contributed by atoms with Crippen LogP contribution in [0.1, 0.15) is 106 Å². The second-order valence-electron chi connectivity index (χ2n) is 17.4. The highest BCUT2D eigenvalue weighted by Gasteiger charge is 2.52. The van der Waals surface area contributed by atoms with E-state index in [4.69, 9.17) is 40.6 Å². The maximum Gasteiger partial charge on any atom is 0.499 e. The molecule has 97 heavy (non-hydrogen) atoms. The third-order valence-electron chi connectivity index (χ3n) is 10.6. The molecule has 1 aliphatic rings. The highest BCUT2D eigenvalue weighted by Crippen LogP contribution is 2.36. The predicted octanol–water partition coefficient (Wildman–Crippen LogP) is 15.5. The predicted molar refractivity (Wildman–Crippen MR) is 331 cm³/mol. The summed E-state index contributed by atoms with van der Waals surface area (Å²) in [5.41, 5.74) is -1.61. The summed E-state index contributed by atoms with van der Waals surface area (Å²) in [5.74, 6) is -18.0. The molecule has 0 radical (unpaired) electrons. The van der Waals surface area contributed by atoms with Crippen molar-refractivity contribution in [2.45, 2.75) is 90.9 Å². The van der Waals surface area contributed by atoms with E-state index in [-0.39, 0.29) is 111 Å². The molecule has 1 aromatic carbocycles. The molecule has 536 valence electrons. The molecule has 0 spiro atoms. The second-order valence-corrected chi connectivity index (χ2v) is 17.9. The summed E-state index contributed by atoms with van der Waals surface area (Å²) >= 11 is 5.55. The normalized spacial score (nSPS) is 11.4. The number of aldehydes is 2. The lowest BCUT2D eigenvalue weighted by atomic mass is 9.80. The molecular weight excluding hydrogens is 1350 g/mol. The Bertz CT molecular complexity index is 3720. The van der Waals surface area contributed by atoms with Gasteiger partial charge in [-0.15, -0.1) is 0 Å². The molecule has 1 fully saturated rings. The Kier molecular flexibility index (Phi) is 45.3. The van der Waals surface area contributed by atoms with Crippen molar-refractivity contribution in [3.05, 3.63) is 202 Å². The van der Waals surface area contributed by atoms with Crippen LogP contribution in [-0.4, -0.2) is 115 Å². The highest BCUT2D eigenvalue weighted by molar-refractivity contribution is 6.62. The van der Waals surface area contributed by atoms with Crippen LogP contribution in [0.4, 0.5) is 71.5 Å². The summed E-state index contributed by atoms with van der Waals surface area (Å²) in [6.45, 7) is 7.11. The molecule has 0 unspecified atom stereocenters. The lowest BCUT2D eigenvalue weighted by Gasteiger charge is -2.32. The lowest BCUT2D eigenvalue weighted by Crippen LogP contribution is -2.41. The molecule has 1 aliphatic heterocycles. The van der Waals surface area contributed by atoms with Gasteiger partial charge < -0.3 is 43.6 Å². The van der Waals surface area contributed by atoms with Crippen molar-refractivity contribution in [3.63, 3.8) is 0 Å². The molecule has 0 bridgehead atoms. The van der Waals surface area contributed by atoms with Gasteiger partial charge in [0.25, 0.3) is 29.7 Å². The minimum Gasteiger partial charge on any atom is -0.504 e. The number of aliphatic imine (C=N–C) groups is 1. The molecule has 19 nitrogen and oxygen atoms in total. The lowest BCUT2D eigenvalue weighted by molar-refractivity contribution is 0.00578. The molecule has 9 rings (SSSR count). The Balaban J connectivity index is -0.000000341. The zero-order valence-electron chi connectivity index (χ0n) is 46.6. The second kappa shape index (κ2) is 45.7. The largest absolute Gasteiger partial charge is 0.504 e. The van der Waals surface area contributed by atoms with Gasteiger partial charge in [0.15, 0.2) is 54.9 Å². The van der Waals surface area contributed by atoms with Gasteiger partial charge >= 0.3 is 7.12 Å². The number of aromatic hydroxyl groups is 3. The summed E-state index contributed by atoms with van der Waals surface area (Å²) in [7, 11) is 1.87. The summed E-state index contributed by atoms with van der Waals surface area (Å²) in [6.07, 6.45) is 1.44. The van der Waals surface area contributed by atoms with Gasteiger partial charge in [-0.3, -0.25) is 14.6 Å². The van der Waals surface area contributed by atoms with Crippen molar-refractivity contribution >= 4 is 48.7 Å². The van der Waals surface area contributed by atoms with E-state index in [1.807, 2.05) is 27.7 Å². The Hall–Kier alpha value is -9.58. The zero-order valence-corrected chi connectivity index (χ0v) is 47.4. The summed E-state index contributed by atoms with van der Waals surface area (Å²) in [6, 6.07) is 15.6. The molecule has 0 atom stereocenters. The number of benzene rings is 1. The fourth-order valence-electron chi connectivity index (χ4n) is 5.71. The average molecular weight is 1420 g/mol. The number of halogens is 16. The number of methoxy groups -OCH3 is 2. The number of pyridine rings is 7. The molecule has 8 aromatic rings. The number of ether oxygens (including phenoxy) is 4. The van der Waals surface area contributed by atoms with Crippen LogP contribution < -0.4 is 14.9 Å². The Morgan fingerprint density at radius 1 is 0.474 bits per heavy atom. The smallest absolute Gasteiger partial charge is 0.499 e. The van der Waals surface area contributed by atoms with E-state index in [0.717, 1.165) is 66.9 Å². The van der Waals surface area contributed by atoms with Crippen LogP contribution in [0.2, 0.25) is 5.02 Å². The monoisotopic (exact) mass is 1420 g/mol. The Morgan fingerprint density at radius 3 is 1.32 bits per heavy atom. The first-order valence-electron chi connectivity index (χ1n) is 24.1.